The van der Waals surface area contributed by atoms with Gasteiger partial charge in [-0.05, 0) is 24.1 Å². The second-order valence-electron chi connectivity index (χ2n) is 3.49. The fourth-order valence-corrected chi connectivity index (χ4v) is 1.54. The van der Waals surface area contributed by atoms with Crippen LogP contribution in [0.25, 0.3) is 5.69 Å². The summed E-state index contributed by atoms with van der Waals surface area (Å²) in [7, 11) is 0. The van der Waals surface area contributed by atoms with Crippen LogP contribution < -0.4 is 0 Å². The lowest BCUT2D eigenvalue weighted by atomic mass is 10.1. The van der Waals surface area contributed by atoms with E-state index >= 15 is 0 Å². The van der Waals surface area contributed by atoms with Gasteiger partial charge in [0.05, 0.1) is 12.4 Å². The van der Waals surface area contributed by atoms with Crippen LogP contribution in [-0.2, 0) is 0 Å². The van der Waals surface area contributed by atoms with Gasteiger partial charge in [-0.25, -0.2) is 4.98 Å². The van der Waals surface area contributed by atoms with E-state index in [0.29, 0.717) is 0 Å². The maximum Gasteiger partial charge on any atom is 0.0991 e. The highest BCUT2D eigenvalue weighted by Crippen LogP contribution is 2.19. The van der Waals surface area contributed by atoms with Crippen LogP contribution in [0.5, 0.6) is 0 Å². The van der Waals surface area contributed by atoms with Gasteiger partial charge in [-0.15, -0.1) is 0 Å². The van der Waals surface area contributed by atoms with Crippen molar-refractivity contribution in [3.8, 4) is 5.69 Å². The Morgan fingerprint density at radius 1 is 1.47 bits per heavy atom. The SMILES string of the molecule is CCC(O)c1cccc(-n2ccnc2)c1. The number of aliphatic hydroxyl groups is 1. The smallest absolute Gasteiger partial charge is 0.0991 e. The average Bonchev–Trinajstić information content (AvgIpc) is 2.82. The summed E-state index contributed by atoms with van der Waals surface area (Å²) in [6, 6.07) is 7.86. The van der Waals surface area contributed by atoms with Crippen molar-refractivity contribution in [3.05, 3.63) is 48.5 Å². The second kappa shape index (κ2) is 4.28. The Balaban J connectivity index is 2.35. The highest BCUT2D eigenvalue weighted by molar-refractivity contribution is 5.36. The zero-order chi connectivity index (χ0) is 10.7. The van der Waals surface area contributed by atoms with Crippen LogP contribution >= 0.6 is 0 Å². The standard InChI is InChI=1S/C12H14N2O/c1-2-12(15)10-4-3-5-11(8-10)14-7-6-13-9-14/h3-9,12,15H,2H2,1H3. The monoisotopic (exact) mass is 202 g/mol. The molecule has 0 aliphatic carbocycles. The topological polar surface area (TPSA) is 38.0 Å². The van der Waals surface area contributed by atoms with Gasteiger partial charge in [-0.3, -0.25) is 0 Å². The quantitative estimate of drug-likeness (QED) is 0.829. The van der Waals surface area contributed by atoms with Crippen molar-refractivity contribution in [3.63, 3.8) is 0 Å². The van der Waals surface area contributed by atoms with Crippen LogP contribution in [0.1, 0.15) is 25.0 Å². The number of hydrogen-bond donors (Lipinski definition) is 1. The lowest BCUT2D eigenvalue weighted by Gasteiger charge is -2.10. The highest BCUT2D eigenvalue weighted by Gasteiger charge is 2.05. The molecule has 0 aliphatic rings. The van der Waals surface area contributed by atoms with Crippen LogP contribution in [0.3, 0.4) is 0 Å². The van der Waals surface area contributed by atoms with Gasteiger partial charge < -0.3 is 9.67 Å². The third-order valence-corrected chi connectivity index (χ3v) is 2.44. The Kier molecular flexibility index (Phi) is 2.83. The van der Waals surface area contributed by atoms with E-state index in [1.807, 2.05) is 42.0 Å². The van der Waals surface area contributed by atoms with E-state index < -0.39 is 0 Å². The van der Waals surface area contributed by atoms with E-state index in [4.69, 9.17) is 0 Å². The molecule has 1 N–H and O–H groups in total. The molecule has 1 unspecified atom stereocenters. The van der Waals surface area contributed by atoms with Crippen molar-refractivity contribution in [1.82, 2.24) is 9.55 Å². The van der Waals surface area contributed by atoms with Crippen molar-refractivity contribution < 1.29 is 5.11 Å². The summed E-state index contributed by atoms with van der Waals surface area (Å²) < 4.78 is 1.92. The fourth-order valence-electron chi connectivity index (χ4n) is 1.54. The normalized spacial score (nSPS) is 12.7. The molecular weight excluding hydrogens is 188 g/mol. The van der Waals surface area contributed by atoms with E-state index in [1.165, 1.54) is 0 Å². The predicted octanol–water partition coefficient (Wildman–Crippen LogP) is 2.32. The van der Waals surface area contributed by atoms with Gasteiger partial charge in [0.15, 0.2) is 0 Å². The van der Waals surface area contributed by atoms with Gasteiger partial charge in [0.1, 0.15) is 0 Å². The fraction of sp³-hybridized carbons (Fsp3) is 0.250. The second-order valence-corrected chi connectivity index (χ2v) is 3.49. The molecular formula is C12H14N2O. The van der Waals surface area contributed by atoms with Crippen molar-refractivity contribution in [2.45, 2.75) is 19.4 Å². The van der Waals surface area contributed by atoms with Gasteiger partial charge >= 0.3 is 0 Å². The maximum atomic E-state index is 9.73. The Bertz CT molecular complexity index is 423. The zero-order valence-corrected chi connectivity index (χ0v) is 8.67. The third kappa shape index (κ3) is 2.07. The molecule has 1 heterocycles. The van der Waals surface area contributed by atoms with Crippen molar-refractivity contribution >= 4 is 0 Å². The summed E-state index contributed by atoms with van der Waals surface area (Å²) in [5.74, 6) is 0. The number of nitrogens with zero attached hydrogens (tertiary/aromatic N) is 2. The molecule has 1 aromatic heterocycles. The number of benzene rings is 1. The Hall–Kier alpha value is -1.61. The molecule has 0 saturated carbocycles. The molecule has 0 saturated heterocycles. The van der Waals surface area contributed by atoms with Crippen LogP contribution in [0, 0.1) is 0 Å². The number of rotatable bonds is 3. The first-order valence-electron chi connectivity index (χ1n) is 5.07. The molecule has 2 rings (SSSR count). The summed E-state index contributed by atoms with van der Waals surface area (Å²) in [5.41, 5.74) is 1.97. The van der Waals surface area contributed by atoms with Gasteiger partial charge in [0.2, 0.25) is 0 Å². The molecule has 0 spiro atoms. The molecule has 3 heteroatoms. The van der Waals surface area contributed by atoms with E-state index in [9.17, 15) is 5.11 Å². The molecule has 0 bridgehead atoms. The van der Waals surface area contributed by atoms with Crippen LogP contribution in [0.15, 0.2) is 43.0 Å². The maximum absolute atomic E-state index is 9.73. The number of imidazole rings is 1. The lowest BCUT2D eigenvalue weighted by molar-refractivity contribution is 0.173. The summed E-state index contributed by atoms with van der Waals surface area (Å²) in [6.45, 7) is 1.97. The largest absolute Gasteiger partial charge is 0.388 e. The van der Waals surface area contributed by atoms with Gasteiger partial charge in [-0.2, -0.15) is 0 Å². The number of aliphatic hydroxyl groups excluding tert-OH is 1. The first-order valence-corrected chi connectivity index (χ1v) is 5.07. The van der Waals surface area contributed by atoms with E-state index in [1.54, 1.807) is 12.5 Å². The molecule has 15 heavy (non-hydrogen) atoms. The lowest BCUT2D eigenvalue weighted by Crippen LogP contribution is -1.97. The Morgan fingerprint density at radius 3 is 3.00 bits per heavy atom. The predicted molar refractivity (Wildman–Crippen MR) is 58.8 cm³/mol. The van der Waals surface area contributed by atoms with Crippen LogP contribution in [-0.4, -0.2) is 14.7 Å². The van der Waals surface area contributed by atoms with Crippen molar-refractivity contribution in [2.24, 2.45) is 0 Å². The van der Waals surface area contributed by atoms with Gasteiger partial charge in [-0.1, -0.05) is 19.1 Å². The summed E-state index contributed by atoms with van der Waals surface area (Å²) >= 11 is 0. The molecule has 0 fully saturated rings. The summed E-state index contributed by atoms with van der Waals surface area (Å²) in [5, 5.41) is 9.73. The highest BCUT2D eigenvalue weighted by atomic mass is 16.3. The minimum atomic E-state index is -0.381. The zero-order valence-electron chi connectivity index (χ0n) is 8.67. The molecule has 0 aliphatic heterocycles. The first-order chi connectivity index (χ1) is 7.31. The average molecular weight is 202 g/mol. The third-order valence-electron chi connectivity index (χ3n) is 2.44. The van der Waals surface area contributed by atoms with Gasteiger partial charge in [0.25, 0.3) is 0 Å². The Labute approximate surface area is 89.0 Å². The van der Waals surface area contributed by atoms with E-state index in [0.717, 1.165) is 17.7 Å². The van der Waals surface area contributed by atoms with Crippen molar-refractivity contribution in [2.75, 3.05) is 0 Å². The van der Waals surface area contributed by atoms with Crippen molar-refractivity contribution in [1.29, 1.82) is 0 Å². The number of hydrogen-bond acceptors (Lipinski definition) is 2. The molecule has 1 atom stereocenters. The van der Waals surface area contributed by atoms with Crippen LogP contribution in [0.4, 0.5) is 0 Å². The first kappa shape index (κ1) is 9.93. The molecule has 78 valence electrons. The molecule has 1 aromatic carbocycles. The van der Waals surface area contributed by atoms with E-state index in [-0.39, 0.29) is 6.10 Å². The van der Waals surface area contributed by atoms with E-state index in [2.05, 4.69) is 4.98 Å². The molecule has 0 radical (unpaired) electrons. The minimum Gasteiger partial charge on any atom is -0.388 e. The Morgan fingerprint density at radius 2 is 2.33 bits per heavy atom. The van der Waals surface area contributed by atoms with Crippen LogP contribution in [0.2, 0.25) is 0 Å². The number of aromatic nitrogens is 2. The summed E-state index contributed by atoms with van der Waals surface area (Å²) in [4.78, 5) is 3.99. The molecule has 0 amide bonds. The summed E-state index contributed by atoms with van der Waals surface area (Å²) in [6.07, 6.45) is 5.72. The minimum absolute atomic E-state index is 0.381. The molecule has 2 aromatic rings. The molecule has 3 nitrogen and oxygen atoms in total. The van der Waals surface area contributed by atoms with Gasteiger partial charge in [0, 0.05) is 18.1 Å².